The van der Waals surface area contributed by atoms with Gasteiger partial charge >= 0.3 is 0 Å². The summed E-state index contributed by atoms with van der Waals surface area (Å²) >= 11 is 1.64. The normalized spacial score (nSPS) is 47.6. The van der Waals surface area contributed by atoms with Crippen molar-refractivity contribution in [1.82, 2.24) is 0 Å². The van der Waals surface area contributed by atoms with Crippen molar-refractivity contribution in [3.05, 3.63) is 12.2 Å². The lowest BCUT2D eigenvalue weighted by atomic mass is 9.46. The predicted octanol–water partition coefficient (Wildman–Crippen LogP) is 7.90. The Labute approximate surface area is 184 Å². The molecule has 0 spiro atoms. The van der Waals surface area contributed by atoms with Crippen molar-refractivity contribution in [3.8, 4) is 0 Å². The highest BCUT2D eigenvalue weighted by Crippen LogP contribution is 2.71. The summed E-state index contributed by atoms with van der Waals surface area (Å²) in [4.78, 5) is 12.0. The first-order chi connectivity index (χ1) is 13.6. The van der Waals surface area contributed by atoms with Crippen molar-refractivity contribution in [1.29, 1.82) is 0 Å². The van der Waals surface area contributed by atoms with Crippen LogP contribution in [0.15, 0.2) is 12.2 Å². The Morgan fingerprint density at radius 2 is 1.72 bits per heavy atom. The van der Waals surface area contributed by atoms with Crippen LogP contribution >= 0.6 is 11.8 Å². The molecule has 3 saturated carbocycles. The molecule has 1 aliphatic heterocycles. The first kappa shape index (κ1) is 22.0. The van der Waals surface area contributed by atoms with Crippen molar-refractivity contribution < 1.29 is 4.79 Å². The summed E-state index contributed by atoms with van der Waals surface area (Å²) in [5, 5.41) is 0.809. The van der Waals surface area contributed by atoms with E-state index < -0.39 is 0 Å². The molecule has 1 heterocycles. The van der Waals surface area contributed by atoms with E-state index in [1.165, 1.54) is 57.8 Å². The molecule has 0 unspecified atom stereocenters. The number of hydrogen-bond donors (Lipinski definition) is 0. The molecule has 164 valence electrons. The van der Waals surface area contributed by atoms with Gasteiger partial charge in [0.25, 0.3) is 0 Å². The monoisotopic (exact) mass is 416 g/mol. The summed E-state index contributed by atoms with van der Waals surface area (Å²) in [7, 11) is 0. The SMILES string of the molecule is CC(C)CCC[C@@H](C)[C@]1(C)CC[C@H]2[C@@H]3CC[C@H]4SC(=O)C=C[C@]4(C)[C@H]3CC[C@@]21C. The summed E-state index contributed by atoms with van der Waals surface area (Å²) in [6, 6.07) is 0. The van der Waals surface area contributed by atoms with Gasteiger partial charge in [0.2, 0.25) is 5.12 Å². The summed E-state index contributed by atoms with van der Waals surface area (Å²) in [5.41, 5.74) is 1.26. The number of rotatable bonds is 5. The van der Waals surface area contributed by atoms with E-state index in [2.05, 4.69) is 47.6 Å². The third-order valence-electron chi connectivity index (χ3n) is 10.7. The second kappa shape index (κ2) is 7.72. The molecule has 3 fully saturated rings. The molecule has 0 aromatic carbocycles. The number of carbonyl (C=O) groups excluding carboxylic acids is 1. The standard InChI is InChI=1S/C27H44OS/c1-18(2)8-7-9-19(3)26(5)16-13-22-20-10-11-23-25(4,15-14-24(28)29-23)21(20)12-17-27(22,26)6/h14-15,18-23H,7-13,16-17H2,1-6H3/t19-,20-,21+,22+,23-,25-,26+,27+/m1/s1. The van der Waals surface area contributed by atoms with Crippen LogP contribution in [0.2, 0.25) is 0 Å². The molecule has 4 rings (SSSR count). The Hall–Kier alpha value is -0.240. The quantitative estimate of drug-likeness (QED) is 0.453. The fourth-order valence-corrected chi connectivity index (χ4v) is 9.65. The van der Waals surface area contributed by atoms with Gasteiger partial charge < -0.3 is 0 Å². The van der Waals surface area contributed by atoms with Gasteiger partial charge in [0.15, 0.2) is 0 Å². The van der Waals surface area contributed by atoms with Crippen LogP contribution in [0, 0.1) is 45.8 Å². The Morgan fingerprint density at radius 3 is 2.45 bits per heavy atom. The highest BCUT2D eigenvalue weighted by molar-refractivity contribution is 8.14. The van der Waals surface area contributed by atoms with Crippen LogP contribution in [0.4, 0.5) is 0 Å². The molecule has 0 saturated heterocycles. The topological polar surface area (TPSA) is 17.1 Å². The lowest BCUT2D eigenvalue weighted by molar-refractivity contribution is -0.108. The molecule has 0 aromatic heterocycles. The van der Waals surface area contributed by atoms with Gasteiger partial charge in [-0.2, -0.15) is 0 Å². The van der Waals surface area contributed by atoms with Crippen molar-refractivity contribution in [3.63, 3.8) is 0 Å². The van der Waals surface area contributed by atoms with Crippen molar-refractivity contribution in [2.45, 2.75) is 105 Å². The molecule has 29 heavy (non-hydrogen) atoms. The Morgan fingerprint density at radius 1 is 1.00 bits per heavy atom. The minimum Gasteiger partial charge on any atom is -0.282 e. The summed E-state index contributed by atoms with van der Waals surface area (Å²) < 4.78 is 0. The maximum Gasteiger partial charge on any atom is 0.212 e. The fraction of sp³-hybridized carbons (Fsp3) is 0.889. The first-order valence-electron chi connectivity index (χ1n) is 12.5. The van der Waals surface area contributed by atoms with Crippen LogP contribution in [0.3, 0.4) is 0 Å². The zero-order valence-corrected chi connectivity index (χ0v) is 20.6. The van der Waals surface area contributed by atoms with Gasteiger partial charge in [0.1, 0.15) is 0 Å². The van der Waals surface area contributed by atoms with E-state index in [1.54, 1.807) is 11.8 Å². The second-order valence-corrected chi connectivity index (χ2v) is 13.4. The summed E-state index contributed by atoms with van der Waals surface area (Å²) in [6.45, 7) is 15.1. The van der Waals surface area contributed by atoms with Crippen LogP contribution in [-0.2, 0) is 4.79 Å². The minimum atomic E-state index is 0.241. The fourth-order valence-electron chi connectivity index (χ4n) is 8.46. The van der Waals surface area contributed by atoms with Crippen molar-refractivity contribution >= 4 is 16.9 Å². The van der Waals surface area contributed by atoms with Crippen LogP contribution < -0.4 is 0 Å². The van der Waals surface area contributed by atoms with E-state index in [0.29, 0.717) is 16.1 Å². The molecular formula is C27H44OS. The van der Waals surface area contributed by atoms with Gasteiger partial charge in [-0.1, -0.05) is 78.6 Å². The van der Waals surface area contributed by atoms with Crippen LogP contribution in [-0.4, -0.2) is 10.4 Å². The van der Waals surface area contributed by atoms with E-state index in [0.717, 1.165) is 29.6 Å². The molecule has 0 N–H and O–H groups in total. The summed E-state index contributed by atoms with van der Waals surface area (Å²) in [5.74, 6) is 4.23. The molecule has 0 bridgehead atoms. The molecular weight excluding hydrogens is 372 g/mol. The van der Waals surface area contributed by atoms with Crippen LogP contribution in [0.5, 0.6) is 0 Å². The largest absolute Gasteiger partial charge is 0.282 e. The van der Waals surface area contributed by atoms with Gasteiger partial charge in [0.05, 0.1) is 0 Å². The van der Waals surface area contributed by atoms with Gasteiger partial charge in [-0.3, -0.25) is 4.79 Å². The maximum absolute atomic E-state index is 12.0. The number of allylic oxidation sites excluding steroid dienone is 1. The molecule has 8 atom stereocenters. The Balaban J connectivity index is 1.54. The van der Waals surface area contributed by atoms with Crippen LogP contribution in [0.25, 0.3) is 0 Å². The average molecular weight is 417 g/mol. The van der Waals surface area contributed by atoms with Gasteiger partial charge in [-0.25, -0.2) is 0 Å². The zero-order chi connectivity index (χ0) is 21.0. The van der Waals surface area contributed by atoms with E-state index in [1.807, 2.05) is 6.08 Å². The molecule has 4 aliphatic rings. The van der Waals surface area contributed by atoms with Crippen molar-refractivity contribution in [2.24, 2.45) is 45.8 Å². The molecule has 3 aliphatic carbocycles. The highest BCUT2D eigenvalue weighted by Gasteiger charge is 2.63. The number of hydrogen-bond acceptors (Lipinski definition) is 2. The van der Waals surface area contributed by atoms with E-state index >= 15 is 0 Å². The Kier molecular flexibility index (Phi) is 5.85. The number of fused-ring (bicyclic) bond motifs is 5. The smallest absolute Gasteiger partial charge is 0.212 e. The highest BCUT2D eigenvalue weighted by atomic mass is 32.2. The summed E-state index contributed by atoms with van der Waals surface area (Å²) in [6.07, 6.45) is 16.7. The molecule has 0 aromatic rings. The lowest BCUT2D eigenvalue weighted by Crippen LogP contribution is -2.55. The number of thioether (sulfide) groups is 1. The minimum absolute atomic E-state index is 0.241. The number of carbonyl (C=O) groups is 1. The predicted molar refractivity (Wildman–Crippen MR) is 126 cm³/mol. The van der Waals surface area contributed by atoms with E-state index in [9.17, 15) is 4.79 Å². The first-order valence-corrected chi connectivity index (χ1v) is 13.4. The third kappa shape index (κ3) is 3.39. The van der Waals surface area contributed by atoms with E-state index in [4.69, 9.17) is 0 Å². The van der Waals surface area contributed by atoms with Gasteiger partial charge in [-0.15, -0.1) is 0 Å². The molecule has 0 amide bonds. The van der Waals surface area contributed by atoms with E-state index in [-0.39, 0.29) is 10.5 Å². The average Bonchev–Trinajstić information content (AvgIpc) is 2.94. The molecule has 0 radical (unpaired) electrons. The molecule has 1 nitrogen and oxygen atoms in total. The lowest BCUT2D eigenvalue weighted by Gasteiger charge is -2.61. The Bertz CT molecular complexity index is 667. The maximum atomic E-state index is 12.0. The zero-order valence-electron chi connectivity index (χ0n) is 19.8. The second-order valence-electron chi connectivity index (χ2n) is 12.2. The van der Waals surface area contributed by atoms with Gasteiger partial charge in [0, 0.05) is 10.7 Å². The van der Waals surface area contributed by atoms with Gasteiger partial charge in [-0.05, 0) is 85.0 Å². The third-order valence-corrected chi connectivity index (χ3v) is 12.1. The molecule has 2 heteroatoms. The van der Waals surface area contributed by atoms with Crippen molar-refractivity contribution in [2.75, 3.05) is 0 Å². The van der Waals surface area contributed by atoms with Crippen LogP contribution in [0.1, 0.15) is 99.3 Å².